The van der Waals surface area contributed by atoms with Crippen molar-refractivity contribution in [2.75, 3.05) is 18.4 Å². The van der Waals surface area contributed by atoms with Crippen molar-refractivity contribution >= 4 is 24.9 Å². The van der Waals surface area contributed by atoms with E-state index in [4.69, 9.17) is 4.43 Å². The van der Waals surface area contributed by atoms with Gasteiger partial charge in [0.05, 0.1) is 0 Å². The van der Waals surface area contributed by atoms with E-state index in [1.165, 1.54) is 0 Å². The van der Waals surface area contributed by atoms with E-state index in [2.05, 4.69) is 67.7 Å². The third-order valence-electron chi connectivity index (χ3n) is 5.32. The van der Waals surface area contributed by atoms with Gasteiger partial charge in [0.1, 0.15) is 11.3 Å². The Bertz CT molecular complexity index is 718. The fourth-order valence-corrected chi connectivity index (χ4v) is 3.80. The van der Waals surface area contributed by atoms with E-state index in [0.717, 1.165) is 41.9 Å². The van der Waals surface area contributed by atoms with E-state index >= 15 is 0 Å². The summed E-state index contributed by atoms with van der Waals surface area (Å²) in [5.74, 6) is 0.910. The van der Waals surface area contributed by atoms with E-state index in [1.54, 1.807) is 0 Å². The zero-order valence-corrected chi connectivity index (χ0v) is 16.4. The molecule has 2 aromatic rings. The second-order valence-electron chi connectivity index (χ2n) is 8.21. The second-order valence-corrected chi connectivity index (χ2v) is 12.9. The standard InChI is InChI=1S/C19H29N3OSi/c1-19(2,3)24(4,5)23-17-9-8-16(22-14-10-12-20-13-14)15-7-6-11-21-18(15)17/h6-9,11,14,20,22H,10,12-13H2,1-5H3/t14-/m0/s1. The number of fused-ring (bicyclic) bond motifs is 1. The normalized spacial score (nSPS) is 18.8. The summed E-state index contributed by atoms with van der Waals surface area (Å²) in [6.45, 7) is 13.4. The van der Waals surface area contributed by atoms with Crippen molar-refractivity contribution in [2.24, 2.45) is 0 Å². The van der Waals surface area contributed by atoms with Crippen LogP contribution in [-0.4, -0.2) is 32.4 Å². The molecule has 5 heteroatoms. The van der Waals surface area contributed by atoms with Crippen molar-refractivity contribution in [3.05, 3.63) is 30.5 Å². The van der Waals surface area contributed by atoms with Crippen LogP contribution in [0.25, 0.3) is 10.9 Å². The molecule has 0 saturated carbocycles. The van der Waals surface area contributed by atoms with Gasteiger partial charge in [-0.15, -0.1) is 0 Å². The Morgan fingerprint density at radius 3 is 2.71 bits per heavy atom. The number of hydrogen-bond donors (Lipinski definition) is 2. The molecule has 130 valence electrons. The molecule has 0 radical (unpaired) electrons. The quantitative estimate of drug-likeness (QED) is 0.808. The summed E-state index contributed by atoms with van der Waals surface area (Å²) in [6.07, 6.45) is 3.01. The number of anilines is 1. The number of rotatable bonds is 4. The van der Waals surface area contributed by atoms with Gasteiger partial charge in [-0.05, 0) is 55.4 Å². The van der Waals surface area contributed by atoms with Gasteiger partial charge in [-0.25, -0.2) is 0 Å². The van der Waals surface area contributed by atoms with Gasteiger partial charge in [-0.1, -0.05) is 20.8 Å². The first-order chi connectivity index (χ1) is 11.3. The number of hydrogen-bond acceptors (Lipinski definition) is 4. The topological polar surface area (TPSA) is 46.2 Å². The first kappa shape index (κ1) is 17.2. The van der Waals surface area contributed by atoms with Crippen molar-refractivity contribution < 1.29 is 4.43 Å². The molecule has 2 N–H and O–H groups in total. The molecule has 1 aromatic carbocycles. The van der Waals surface area contributed by atoms with Crippen molar-refractivity contribution in [3.8, 4) is 5.75 Å². The highest BCUT2D eigenvalue weighted by molar-refractivity contribution is 6.74. The summed E-state index contributed by atoms with van der Waals surface area (Å²) in [5, 5.41) is 8.37. The number of nitrogens with zero attached hydrogens (tertiary/aromatic N) is 1. The highest BCUT2D eigenvalue weighted by Gasteiger charge is 2.39. The van der Waals surface area contributed by atoms with E-state index in [9.17, 15) is 0 Å². The van der Waals surface area contributed by atoms with Crippen LogP contribution in [0.4, 0.5) is 5.69 Å². The molecule has 4 nitrogen and oxygen atoms in total. The predicted octanol–water partition coefficient (Wildman–Crippen LogP) is 4.39. The molecule has 0 bridgehead atoms. The minimum Gasteiger partial charge on any atom is -0.542 e. The largest absolute Gasteiger partial charge is 0.542 e. The first-order valence-corrected chi connectivity index (χ1v) is 11.7. The van der Waals surface area contributed by atoms with E-state index < -0.39 is 8.32 Å². The Labute approximate surface area is 146 Å². The number of nitrogens with one attached hydrogen (secondary N) is 2. The van der Waals surface area contributed by atoms with Crippen LogP contribution in [0.3, 0.4) is 0 Å². The molecule has 1 aliphatic heterocycles. The Kier molecular flexibility index (Phi) is 4.58. The molecule has 0 spiro atoms. The molecule has 1 aromatic heterocycles. The minimum absolute atomic E-state index is 0.167. The first-order valence-electron chi connectivity index (χ1n) is 8.82. The Morgan fingerprint density at radius 2 is 2.04 bits per heavy atom. The van der Waals surface area contributed by atoms with Crippen LogP contribution >= 0.6 is 0 Å². The summed E-state index contributed by atoms with van der Waals surface area (Å²) in [7, 11) is -1.89. The Balaban J connectivity index is 1.96. The monoisotopic (exact) mass is 343 g/mol. The average molecular weight is 344 g/mol. The van der Waals surface area contributed by atoms with Crippen LogP contribution in [0.15, 0.2) is 30.5 Å². The van der Waals surface area contributed by atoms with Gasteiger partial charge in [0, 0.05) is 29.9 Å². The molecule has 3 rings (SSSR count). The Hall–Kier alpha value is -1.59. The number of aromatic nitrogens is 1. The molecule has 1 aliphatic rings. The van der Waals surface area contributed by atoms with Gasteiger partial charge in [-0.2, -0.15) is 0 Å². The van der Waals surface area contributed by atoms with Crippen molar-refractivity contribution in [2.45, 2.75) is 51.4 Å². The van der Waals surface area contributed by atoms with Gasteiger partial charge < -0.3 is 15.1 Å². The summed E-state index contributed by atoms with van der Waals surface area (Å²) < 4.78 is 6.54. The van der Waals surface area contributed by atoms with Gasteiger partial charge in [-0.3, -0.25) is 4.98 Å². The molecule has 0 amide bonds. The van der Waals surface area contributed by atoms with Crippen LogP contribution < -0.4 is 15.1 Å². The van der Waals surface area contributed by atoms with Crippen LogP contribution in [0, 0.1) is 0 Å². The van der Waals surface area contributed by atoms with Gasteiger partial charge in [0.25, 0.3) is 8.32 Å². The highest BCUT2D eigenvalue weighted by atomic mass is 28.4. The second kappa shape index (κ2) is 6.37. The van der Waals surface area contributed by atoms with Crippen LogP contribution in [0.5, 0.6) is 5.75 Å². The maximum Gasteiger partial charge on any atom is 0.250 e. The Morgan fingerprint density at radius 1 is 1.25 bits per heavy atom. The van der Waals surface area contributed by atoms with Crippen molar-refractivity contribution in [3.63, 3.8) is 0 Å². The highest BCUT2D eigenvalue weighted by Crippen LogP contribution is 2.40. The molecule has 1 atom stereocenters. The lowest BCUT2D eigenvalue weighted by atomic mass is 10.1. The van der Waals surface area contributed by atoms with E-state index in [0.29, 0.717) is 6.04 Å². The maximum absolute atomic E-state index is 6.54. The maximum atomic E-state index is 6.54. The molecule has 1 saturated heterocycles. The fraction of sp³-hybridized carbons (Fsp3) is 0.526. The van der Waals surface area contributed by atoms with Gasteiger partial charge >= 0.3 is 0 Å². The smallest absolute Gasteiger partial charge is 0.250 e. The fourth-order valence-electron chi connectivity index (χ4n) is 2.78. The van der Waals surface area contributed by atoms with Crippen LogP contribution in [0.2, 0.25) is 18.1 Å². The lowest BCUT2D eigenvalue weighted by molar-refractivity contribution is 0.495. The summed E-state index contributed by atoms with van der Waals surface area (Å²) in [5.41, 5.74) is 2.10. The molecule has 0 aliphatic carbocycles. The number of pyridine rings is 1. The summed E-state index contributed by atoms with van der Waals surface area (Å²) in [4.78, 5) is 4.62. The van der Waals surface area contributed by atoms with Crippen LogP contribution in [0.1, 0.15) is 27.2 Å². The number of benzene rings is 1. The predicted molar refractivity (Wildman–Crippen MR) is 104 cm³/mol. The zero-order valence-electron chi connectivity index (χ0n) is 15.4. The molecule has 1 fully saturated rings. The molecular weight excluding hydrogens is 314 g/mol. The summed E-state index contributed by atoms with van der Waals surface area (Å²) in [6, 6.07) is 8.84. The van der Waals surface area contributed by atoms with Crippen molar-refractivity contribution in [1.82, 2.24) is 10.3 Å². The summed E-state index contributed by atoms with van der Waals surface area (Å²) >= 11 is 0. The third-order valence-corrected chi connectivity index (χ3v) is 9.67. The third kappa shape index (κ3) is 3.42. The lowest BCUT2D eigenvalue weighted by Crippen LogP contribution is -2.43. The van der Waals surface area contributed by atoms with Gasteiger partial charge in [0.15, 0.2) is 0 Å². The molecule has 0 unspecified atom stereocenters. The zero-order chi connectivity index (χ0) is 17.4. The van der Waals surface area contributed by atoms with Crippen LogP contribution in [-0.2, 0) is 0 Å². The molecule has 24 heavy (non-hydrogen) atoms. The molecular formula is C19H29N3OSi. The SMILES string of the molecule is CC(C)(C)[Si](C)(C)Oc1ccc(N[C@H]2CCNC2)c2cccnc12. The van der Waals surface area contributed by atoms with E-state index in [1.807, 2.05) is 12.3 Å². The van der Waals surface area contributed by atoms with Crippen molar-refractivity contribution in [1.29, 1.82) is 0 Å². The van der Waals surface area contributed by atoms with Gasteiger partial charge in [0.2, 0.25) is 0 Å². The van der Waals surface area contributed by atoms with E-state index in [-0.39, 0.29) is 5.04 Å². The minimum atomic E-state index is -1.89. The lowest BCUT2D eigenvalue weighted by Gasteiger charge is -2.36. The average Bonchev–Trinajstić information content (AvgIpc) is 3.01. The molecule has 2 heterocycles.